The molecule has 1 atom stereocenters. The molecule has 0 saturated carbocycles. The summed E-state index contributed by atoms with van der Waals surface area (Å²) < 4.78 is 7.23. The Morgan fingerprint density at radius 2 is 2.75 bits per heavy atom. The lowest BCUT2D eigenvalue weighted by Crippen LogP contribution is -2.28. The molecular weight excluding hydrogens is 102 g/mol. The Hall–Kier alpha value is -0.370. The van der Waals surface area contributed by atoms with Crippen molar-refractivity contribution < 1.29 is 6.21 Å². The zero-order valence-corrected chi connectivity index (χ0v) is 5.05. The standard InChI is InChI=1S/C6H11NO/c1-5(8)6-3-2-4-7-6/h6-7H,2-4H2,1H3/i/hD. The SMILES string of the molecule is [2H]N1CCCC1C(C)=O. The molecule has 1 heterocycles. The minimum Gasteiger partial charge on any atom is -0.307 e. The van der Waals surface area contributed by atoms with E-state index in [1.165, 1.54) is 5.31 Å². The Morgan fingerprint density at radius 3 is 3.00 bits per heavy atom. The highest BCUT2D eigenvalue weighted by atomic mass is 16.1. The van der Waals surface area contributed by atoms with Crippen LogP contribution < -0.4 is 5.31 Å². The first-order valence-electron chi connectivity index (χ1n) is 3.42. The summed E-state index contributed by atoms with van der Waals surface area (Å²) in [6.07, 6.45) is 1.87. The van der Waals surface area contributed by atoms with Crippen LogP contribution in [0.2, 0.25) is 1.41 Å². The summed E-state index contributed by atoms with van der Waals surface area (Å²) in [5.41, 5.74) is 0. The first kappa shape index (κ1) is 4.50. The topological polar surface area (TPSA) is 29.1 Å². The van der Waals surface area contributed by atoms with Gasteiger partial charge >= 0.3 is 0 Å². The Morgan fingerprint density at radius 1 is 2.00 bits per heavy atom. The van der Waals surface area contributed by atoms with Gasteiger partial charge in [0, 0.05) is 0 Å². The molecule has 1 aliphatic rings. The lowest BCUT2D eigenvalue weighted by Gasteiger charge is -2.01. The third-order valence-electron chi connectivity index (χ3n) is 1.45. The van der Waals surface area contributed by atoms with Crippen molar-refractivity contribution in [1.82, 2.24) is 5.31 Å². The second kappa shape index (κ2) is 2.27. The molecule has 0 amide bonds. The van der Waals surface area contributed by atoms with E-state index in [4.69, 9.17) is 1.41 Å². The molecule has 1 fully saturated rings. The summed E-state index contributed by atoms with van der Waals surface area (Å²) in [5.74, 6) is 0.127. The van der Waals surface area contributed by atoms with E-state index in [0.717, 1.165) is 19.4 Å². The van der Waals surface area contributed by atoms with Crippen LogP contribution in [0, 0.1) is 0 Å². The Bertz CT molecular complexity index is 126. The van der Waals surface area contributed by atoms with Gasteiger partial charge in [-0.1, -0.05) is 0 Å². The third-order valence-corrected chi connectivity index (χ3v) is 1.45. The Balaban J connectivity index is 2.49. The highest BCUT2D eigenvalue weighted by Crippen LogP contribution is 2.04. The maximum Gasteiger partial charge on any atom is 0.146 e. The van der Waals surface area contributed by atoms with Gasteiger partial charge in [0.2, 0.25) is 0 Å². The van der Waals surface area contributed by atoms with Gasteiger partial charge in [-0.3, -0.25) is 4.79 Å². The molecule has 0 bridgehead atoms. The number of Topliss-reactive ketones (excluding diaryl/α,β-unsaturated/α-hetero) is 1. The zero-order valence-electron chi connectivity index (χ0n) is 6.05. The molecule has 0 spiro atoms. The summed E-state index contributed by atoms with van der Waals surface area (Å²) in [7, 11) is 0. The van der Waals surface area contributed by atoms with E-state index in [2.05, 4.69) is 0 Å². The molecule has 0 aliphatic carbocycles. The molecule has 46 valence electrons. The molecule has 1 aliphatic heterocycles. The highest BCUT2D eigenvalue weighted by molar-refractivity contribution is 5.81. The van der Waals surface area contributed by atoms with Crippen LogP contribution in [-0.4, -0.2) is 18.4 Å². The maximum atomic E-state index is 10.7. The van der Waals surface area contributed by atoms with Crippen molar-refractivity contribution in [2.75, 3.05) is 6.54 Å². The average molecular weight is 114 g/mol. The summed E-state index contributed by atoms with van der Waals surface area (Å²) in [4.78, 5) is 10.7. The number of carbonyl (C=O) groups excluding carboxylic acids is 1. The quantitative estimate of drug-likeness (QED) is 0.532. The van der Waals surface area contributed by atoms with Crippen molar-refractivity contribution in [1.29, 1.82) is 0 Å². The van der Waals surface area contributed by atoms with Crippen molar-refractivity contribution in [2.24, 2.45) is 0 Å². The molecule has 1 N–H and O–H groups in total. The number of ketones is 1. The second-order valence-electron chi connectivity index (χ2n) is 2.17. The zero-order chi connectivity index (χ0) is 6.85. The third kappa shape index (κ3) is 1.07. The Kier molecular flexibility index (Phi) is 1.28. The summed E-state index contributed by atoms with van der Waals surface area (Å²) >= 11 is 0. The van der Waals surface area contributed by atoms with Gasteiger partial charge in [0.15, 0.2) is 0 Å². The molecule has 1 unspecified atom stereocenters. The predicted molar refractivity (Wildman–Crippen MR) is 31.7 cm³/mol. The Labute approximate surface area is 50.7 Å². The van der Waals surface area contributed by atoms with Crippen LogP contribution in [0.3, 0.4) is 0 Å². The van der Waals surface area contributed by atoms with E-state index < -0.39 is 0 Å². The minimum absolute atomic E-state index is 0.106. The van der Waals surface area contributed by atoms with Crippen LogP contribution >= 0.6 is 0 Å². The van der Waals surface area contributed by atoms with Crippen molar-refractivity contribution in [3.8, 4) is 0 Å². The van der Waals surface area contributed by atoms with Gasteiger partial charge < -0.3 is 5.31 Å². The van der Waals surface area contributed by atoms with Crippen LogP contribution in [0.15, 0.2) is 0 Å². The molecule has 0 aromatic rings. The predicted octanol–water partition coefficient (Wildman–Crippen LogP) is 0.327. The first-order valence-corrected chi connectivity index (χ1v) is 2.98. The second-order valence-corrected chi connectivity index (χ2v) is 2.17. The molecule has 2 nitrogen and oxygen atoms in total. The minimum atomic E-state index is -0.106. The molecule has 0 radical (unpaired) electrons. The van der Waals surface area contributed by atoms with E-state index in [0.29, 0.717) is 0 Å². The summed E-state index contributed by atoms with van der Waals surface area (Å²) in [5, 5.41) is 1.38. The highest BCUT2D eigenvalue weighted by Gasteiger charge is 2.17. The molecule has 0 aromatic carbocycles. The molecule has 8 heavy (non-hydrogen) atoms. The maximum absolute atomic E-state index is 10.7. The van der Waals surface area contributed by atoms with Gasteiger partial charge in [-0.15, -0.1) is 0 Å². The fraction of sp³-hybridized carbons (Fsp3) is 0.833. The van der Waals surface area contributed by atoms with Gasteiger partial charge in [-0.05, 0) is 26.3 Å². The van der Waals surface area contributed by atoms with Crippen molar-refractivity contribution in [2.45, 2.75) is 25.8 Å². The van der Waals surface area contributed by atoms with E-state index in [1.807, 2.05) is 0 Å². The molecule has 1 saturated heterocycles. The normalized spacial score (nSPS) is 32.6. The van der Waals surface area contributed by atoms with Crippen LogP contribution in [-0.2, 0) is 4.79 Å². The van der Waals surface area contributed by atoms with E-state index in [9.17, 15) is 4.79 Å². The average Bonchev–Trinajstić information content (AvgIpc) is 2.13. The summed E-state index contributed by atoms with van der Waals surface area (Å²) in [6, 6.07) is -0.106. The van der Waals surface area contributed by atoms with E-state index >= 15 is 0 Å². The number of hydrogen-bond donors (Lipinski definition) is 1. The van der Waals surface area contributed by atoms with E-state index in [-0.39, 0.29) is 11.8 Å². The molecule has 1 rings (SSSR count). The lowest BCUT2D eigenvalue weighted by molar-refractivity contribution is -0.118. The number of nitrogens with one attached hydrogen (secondary N) is 1. The van der Waals surface area contributed by atoms with E-state index in [1.54, 1.807) is 6.92 Å². The first-order chi connectivity index (χ1) is 4.22. The van der Waals surface area contributed by atoms with Crippen LogP contribution in [0.5, 0.6) is 0 Å². The number of carbonyl (C=O) groups is 1. The van der Waals surface area contributed by atoms with Gasteiger partial charge in [0.05, 0.1) is 6.04 Å². The molecule has 0 aromatic heterocycles. The van der Waals surface area contributed by atoms with Gasteiger partial charge in [0.1, 0.15) is 7.20 Å². The number of hydrogen-bond acceptors (Lipinski definition) is 2. The van der Waals surface area contributed by atoms with Crippen molar-refractivity contribution in [3.05, 3.63) is 0 Å². The fourth-order valence-electron chi connectivity index (χ4n) is 0.955. The summed E-state index contributed by atoms with van der Waals surface area (Å²) in [6.45, 7) is 2.31. The lowest BCUT2D eigenvalue weighted by atomic mass is 10.2. The molecule has 2 heteroatoms. The van der Waals surface area contributed by atoms with Crippen molar-refractivity contribution in [3.63, 3.8) is 0 Å². The van der Waals surface area contributed by atoms with Crippen LogP contribution in [0.25, 0.3) is 0 Å². The van der Waals surface area contributed by atoms with Crippen LogP contribution in [0.1, 0.15) is 19.8 Å². The van der Waals surface area contributed by atoms with Gasteiger partial charge in [-0.25, -0.2) is 0 Å². The van der Waals surface area contributed by atoms with Crippen LogP contribution in [0.4, 0.5) is 0 Å². The molecular formula is C6H11NO. The smallest absolute Gasteiger partial charge is 0.146 e. The van der Waals surface area contributed by atoms with Crippen molar-refractivity contribution >= 4 is 5.78 Å². The largest absolute Gasteiger partial charge is 0.307 e. The van der Waals surface area contributed by atoms with Gasteiger partial charge in [0.25, 0.3) is 0 Å². The fourth-order valence-corrected chi connectivity index (χ4v) is 0.955. The van der Waals surface area contributed by atoms with Gasteiger partial charge in [-0.2, -0.15) is 0 Å². The monoisotopic (exact) mass is 114 g/mol. The number of rotatable bonds is 1.